The maximum atomic E-state index is 13.9. The first-order chi connectivity index (χ1) is 13.0. The predicted octanol–water partition coefficient (Wildman–Crippen LogP) is 5.37. The Morgan fingerprint density at radius 1 is 0.667 bits per heavy atom. The summed E-state index contributed by atoms with van der Waals surface area (Å²) in [7, 11) is 2.67. The molecule has 0 bridgehead atoms. The quantitative estimate of drug-likeness (QED) is 0.581. The number of ether oxygens (including phenoxy) is 3. The highest BCUT2D eigenvalue weighted by Crippen LogP contribution is 2.29. The molecule has 0 spiro atoms. The monoisotopic (exact) mass is 374 g/mol. The second-order valence-electron chi connectivity index (χ2n) is 5.73. The van der Waals surface area contributed by atoms with E-state index in [1.54, 1.807) is 36.4 Å². The lowest BCUT2D eigenvalue weighted by Gasteiger charge is -2.10. The van der Waals surface area contributed by atoms with Crippen molar-refractivity contribution in [3.05, 3.63) is 77.6 Å². The highest BCUT2D eigenvalue weighted by Gasteiger charge is 2.15. The van der Waals surface area contributed by atoms with Gasteiger partial charge >= 0.3 is 0 Å². The van der Waals surface area contributed by atoms with Crippen LogP contribution in [0.2, 0.25) is 0 Å². The Kier molecular flexibility index (Phi) is 5.54. The summed E-state index contributed by atoms with van der Waals surface area (Å²) in [5, 5.41) is 0. The Hall–Kier alpha value is -3.15. The summed E-state index contributed by atoms with van der Waals surface area (Å²) in [6, 6.07) is 14.5. The number of methoxy groups -OCH3 is 2. The van der Waals surface area contributed by atoms with Crippen LogP contribution in [-0.4, -0.2) is 14.2 Å². The van der Waals surface area contributed by atoms with Crippen LogP contribution in [0.15, 0.2) is 54.6 Å². The second-order valence-corrected chi connectivity index (χ2v) is 5.73. The molecule has 3 aromatic rings. The molecular weight excluding hydrogens is 357 g/mol. The summed E-state index contributed by atoms with van der Waals surface area (Å²) in [6.45, 7) is 0.0555. The lowest BCUT2D eigenvalue weighted by atomic mass is 10.0. The van der Waals surface area contributed by atoms with Crippen molar-refractivity contribution in [2.75, 3.05) is 14.2 Å². The van der Waals surface area contributed by atoms with Gasteiger partial charge in [-0.05, 0) is 41.0 Å². The van der Waals surface area contributed by atoms with Crippen molar-refractivity contribution in [2.24, 2.45) is 0 Å². The second kappa shape index (κ2) is 8.03. The van der Waals surface area contributed by atoms with E-state index in [0.29, 0.717) is 5.56 Å². The smallest absolute Gasteiger partial charge is 0.204 e. The normalized spacial score (nSPS) is 10.6. The van der Waals surface area contributed by atoms with Gasteiger partial charge in [-0.25, -0.2) is 4.39 Å². The molecule has 0 saturated heterocycles. The van der Waals surface area contributed by atoms with Crippen molar-refractivity contribution in [3.8, 4) is 28.4 Å². The first-order valence-electron chi connectivity index (χ1n) is 8.11. The molecule has 0 aliphatic rings. The van der Waals surface area contributed by atoms with E-state index in [1.807, 2.05) is 0 Å². The number of hydrogen-bond donors (Lipinski definition) is 0. The van der Waals surface area contributed by atoms with Crippen LogP contribution in [0.4, 0.5) is 13.2 Å². The average molecular weight is 374 g/mol. The van der Waals surface area contributed by atoms with E-state index in [1.165, 1.54) is 32.4 Å². The van der Waals surface area contributed by atoms with Crippen LogP contribution in [-0.2, 0) is 6.61 Å². The van der Waals surface area contributed by atoms with Gasteiger partial charge in [0.25, 0.3) is 0 Å². The van der Waals surface area contributed by atoms with Crippen molar-refractivity contribution in [2.45, 2.75) is 6.61 Å². The standard InChI is InChI=1S/C21H17F3O3/c1-25-17-8-7-15(11-16(17)22)14-5-3-13(4-6-14)12-27-19-10-9-18(26-2)20(23)21(19)24/h3-11H,12H2,1-2H3. The van der Waals surface area contributed by atoms with Crippen molar-refractivity contribution in [1.82, 2.24) is 0 Å². The minimum Gasteiger partial charge on any atom is -0.494 e. The SMILES string of the molecule is COc1ccc(-c2ccc(COc3ccc(OC)c(F)c3F)cc2)cc1F. The zero-order valence-corrected chi connectivity index (χ0v) is 14.8. The fraction of sp³-hybridized carbons (Fsp3) is 0.143. The largest absolute Gasteiger partial charge is 0.494 e. The van der Waals surface area contributed by atoms with Crippen LogP contribution in [0.25, 0.3) is 11.1 Å². The Morgan fingerprint density at radius 3 is 1.85 bits per heavy atom. The van der Waals surface area contributed by atoms with Gasteiger partial charge in [-0.15, -0.1) is 0 Å². The van der Waals surface area contributed by atoms with E-state index < -0.39 is 17.5 Å². The van der Waals surface area contributed by atoms with E-state index in [2.05, 4.69) is 0 Å². The minimum absolute atomic E-state index is 0.0555. The van der Waals surface area contributed by atoms with Gasteiger partial charge in [-0.3, -0.25) is 0 Å². The Morgan fingerprint density at radius 2 is 1.22 bits per heavy atom. The molecule has 140 valence electrons. The molecule has 3 aromatic carbocycles. The maximum Gasteiger partial charge on any atom is 0.204 e. The van der Waals surface area contributed by atoms with Crippen LogP contribution < -0.4 is 14.2 Å². The van der Waals surface area contributed by atoms with Crippen molar-refractivity contribution in [1.29, 1.82) is 0 Å². The molecule has 0 unspecified atom stereocenters. The zero-order valence-electron chi connectivity index (χ0n) is 14.8. The molecule has 6 heteroatoms. The van der Waals surface area contributed by atoms with E-state index >= 15 is 0 Å². The summed E-state index contributed by atoms with van der Waals surface area (Å²) in [5.41, 5.74) is 2.26. The molecule has 0 amide bonds. The van der Waals surface area contributed by atoms with Gasteiger partial charge in [0.1, 0.15) is 6.61 Å². The molecule has 0 heterocycles. The molecule has 3 nitrogen and oxygen atoms in total. The third-order valence-corrected chi connectivity index (χ3v) is 4.06. The molecule has 0 aliphatic heterocycles. The molecule has 27 heavy (non-hydrogen) atoms. The van der Waals surface area contributed by atoms with Gasteiger partial charge in [-0.2, -0.15) is 8.78 Å². The molecule has 0 fully saturated rings. The topological polar surface area (TPSA) is 27.7 Å². The van der Waals surface area contributed by atoms with Gasteiger partial charge in [0.2, 0.25) is 11.6 Å². The molecule has 3 rings (SSSR count). The van der Waals surface area contributed by atoms with E-state index in [0.717, 1.165) is 11.1 Å². The molecule has 0 N–H and O–H groups in total. The number of halogens is 3. The fourth-order valence-corrected chi connectivity index (χ4v) is 2.58. The minimum atomic E-state index is -1.10. The lowest BCUT2D eigenvalue weighted by molar-refractivity contribution is 0.280. The van der Waals surface area contributed by atoms with E-state index in [9.17, 15) is 13.2 Å². The Bertz CT molecular complexity index is 940. The first kappa shape index (κ1) is 18.6. The maximum absolute atomic E-state index is 13.9. The van der Waals surface area contributed by atoms with E-state index in [4.69, 9.17) is 14.2 Å². The third-order valence-electron chi connectivity index (χ3n) is 4.06. The van der Waals surface area contributed by atoms with Crippen molar-refractivity contribution >= 4 is 0 Å². The number of hydrogen-bond acceptors (Lipinski definition) is 3. The van der Waals surface area contributed by atoms with Gasteiger partial charge in [0, 0.05) is 0 Å². The summed E-state index contributed by atoms with van der Waals surface area (Å²) < 4.78 is 56.4. The van der Waals surface area contributed by atoms with Gasteiger partial charge in [-0.1, -0.05) is 30.3 Å². The van der Waals surface area contributed by atoms with Crippen LogP contribution in [0, 0.1) is 17.5 Å². The molecule has 0 aliphatic carbocycles. The highest BCUT2D eigenvalue weighted by atomic mass is 19.2. The molecule has 0 aromatic heterocycles. The van der Waals surface area contributed by atoms with Gasteiger partial charge < -0.3 is 14.2 Å². The first-order valence-corrected chi connectivity index (χ1v) is 8.11. The van der Waals surface area contributed by atoms with Crippen molar-refractivity contribution < 1.29 is 27.4 Å². The van der Waals surface area contributed by atoms with Crippen LogP contribution >= 0.6 is 0 Å². The van der Waals surface area contributed by atoms with E-state index in [-0.39, 0.29) is 23.9 Å². The number of rotatable bonds is 6. The average Bonchev–Trinajstić information content (AvgIpc) is 2.69. The summed E-state index contributed by atoms with van der Waals surface area (Å²) >= 11 is 0. The summed E-state index contributed by atoms with van der Waals surface area (Å²) in [4.78, 5) is 0. The fourth-order valence-electron chi connectivity index (χ4n) is 2.58. The van der Waals surface area contributed by atoms with Crippen LogP contribution in [0.1, 0.15) is 5.56 Å². The van der Waals surface area contributed by atoms with Crippen molar-refractivity contribution in [3.63, 3.8) is 0 Å². The Labute approximate surface area is 154 Å². The molecule has 0 atom stereocenters. The highest BCUT2D eigenvalue weighted by molar-refractivity contribution is 5.64. The van der Waals surface area contributed by atoms with Gasteiger partial charge in [0.15, 0.2) is 23.1 Å². The van der Waals surface area contributed by atoms with Gasteiger partial charge in [0.05, 0.1) is 14.2 Å². The number of benzene rings is 3. The Balaban J connectivity index is 1.71. The summed E-state index contributed by atoms with van der Waals surface area (Å²) in [6.07, 6.45) is 0. The zero-order chi connectivity index (χ0) is 19.4. The molecular formula is C21H17F3O3. The van der Waals surface area contributed by atoms with Crippen LogP contribution in [0.5, 0.6) is 17.2 Å². The predicted molar refractivity (Wildman–Crippen MR) is 95.6 cm³/mol. The molecule has 0 saturated carbocycles. The summed E-state index contributed by atoms with van der Waals surface area (Å²) in [5.74, 6) is -2.84. The third kappa shape index (κ3) is 4.00. The molecule has 0 radical (unpaired) electrons. The van der Waals surface area contributed by atoms with Crippen LogP contribution in [0.3, 0.4) is 0 Å². The lowest BCUT2D eigenvalue weighted by Crippen LogP contribution is -2.00.